The highest BCUT2D eigenvalue weighted by molar-refractivity contribution is 6.05. The SMILES string of the molecule is Cc1ccc(CCNC(=O)C2(C)CC(c3ccccc3)=NO2)o1. The minimum absolute atomic E-state index is 0.157. The van der Waals surface area contributed by atoms with Crippen LogP contribution < -0.4 is 5.32 Å². The van der Waals surface area contributed by atoms with E-state index in [0.717, 1.165) is 22.8 Å². The minimum atomic E-state index is -0.954. The first-order valence-corrected chi connectivity index (χ1v) is 7.71. The van der Waals surface area contributed by atoms with E-state index in [1.54, 1.807) is 6.92 Å². The average molecular weight is 312 g/mol. The Labute approximate surface area is 135 Å². The molecule has 1 aliphatic rings. The van der Waals surface area contributed by atoms with E-state index in [9.17, 15) is 4.79 Å². The molecule has 1 N–H and O–H groups in total. The number of aryl methyl sites for hydroxylation is 1. The van der Waals surface area contributed by atoms with Crippen molar-refractivity contribution < 1.29 is 14.0 Å². The fraction of sp³-hybridized carbons (Fsp3) is 0.333. The van der Waals surface area contributed by atoms with Crippen molar-refractivity contribution in [3.63, 3.8) is 0 Å². The Kier molecular flexibility index (Phi) is 4.19. The Bertz CT molecular complexity index is 721. The number of carbonyl (C=O) groups is 1. The molecule has 5 heteroatoms. The maximum Gasteiger partial charge on any atom is 0.267 e. The molecule has 0 aliphatic carbocycles. The van der Waals surface area contributed by atoms with Gasteiger partial charge in [0.2, 0.25) is 5.60 Å². The first-order chi connectivity index (χ1) is 11.1. The second-order valence-corrected chi connectivity index (χ2v) is 5.92. The first-order valence-electron chi connectivity index (χ1n) is 7.71. The van der Waals surface area contributed by atoms with Crippen LogP contribution in [0.1, 0.15) is 30.4 Å². The summed E-state index contributed by atoms with van der Waals surface area (Å²) in [6.45, 7) is 4.17. The van der Waals surface area contributed by atoms with Crippen molar-refractivity contribution in [2.24, 2.45) is 5.16 Å². The van der Waals surface area contributed by atoms with E-state index in [0.29, 0.717) is 19.4 Å². The van der Waals surface area contributed by atoms with Crippen molar-refractivity contribution in [1.82, 2.24) is 5.32 Å². The molecule has 1 aromatic heterocycles. The highest BCUT2D eigenvalue weighted by Crippen LogP contribution is 2.26. The van der Waals surface area contributed by atoms with E-state index in [2.05, 4.69) is 10.5 Å². The van der Waals surface area contributed by atoms with Crippen molar-refractivity contribution >= 4 is 11.6 Å². The number of oxime groups is 1. The van der Waals surface area contributed by atoms with Gasteiger partial charge in [-0.1, -0.05) is 35.5 Å². The summed E-state index contributed by atoms with van der Waals surface area (Å²) in [6, 6.07) is 13.6. The molecule has 0 fully saturated rings. The molecule has 23 heavy (non-hydrogen) atoms. The van der Waals surface area contributed by atoms with Crippen molar-refractivity contribution in [3.05, 3.63) is 59.5 Å². The van der Waals surface area contributed by atoms with Crippen LogP contribution in [0.4, 0.5) is 0 Å². The Balaban J connectivity index is 1.54. The molecule has 0 bridgehead atoms. The standard InChI is InChI=1S/C18H20N2O3/c1-13-8-9-15(22-13)10-11-19-17(21)18(2)12-16(20-23-18)14-6-4-3-5-7-14/h3-9H,10-12H2,1-2H3,(H,19,21). The summed E-state index contributed by atoms with van der Waals surface area (Å²) >= 11 is 0. The molecule has 1 aliphatic heterocycles. The van der Waals surface area contributed by atoms with Gasteiger partial charge in [-0.15, -0.1) is 0 Å². The zero-order valence-electron chi connectivity index (χ0n) is 13.3. The van der Waals surface area contributed by atoms with Crippen molar-refractivity contribution in [2.45, 2.75) is 32.3 Å². The molecule has 3 rings (SSSR count). The fourth-order valence-corrected chi connectivity index (χ4v) is 2.55. The van der Waals surface area contributed by atoms with Crippen molar-refractivity contribution in [3.8, 4) is 0 Å². The largest absolute Gasteiger partial charge is 0.466 e. The van der Waals surface area contributed by atoms with E-state index in [-0.39, 0.29) is 5.91 Å². The molecule has 1 amide bonds. The number of rotatable bonds is 5. The second kappa shape index (κ2) is 6.28. The molecule has 120 valence electrons. The van der Waals surface area contributed by atoms with Crippen LogP contribution in [0.5, 0.6) is 0 Å². The lowest BCUT2D eigenvalue weighted by atomic mass is 9.95. The van der Waals surface area contributed by atoms with Crippen LogP contribution in [0.15, 0.2) is 52.0 Å². The molecule has 1 atom stereocenters. The average Bonchev–Trinajstić information content (AvgIpc) is 3.15. The summed E-state index contributed by atoms with van der Waals surface area (Å²) in [6.07, 6.45) is 1.12. The quantitative estimate of drug-likeness (QED) is 0.923. The van der Waals surface area contributed by atoms with Gasteiger partial charge in [-0.3, -0.25) is 4.79 Å². The minimum Gasteiger partial charge on any atom is -0.466 e. The Morgan fingerprint density at radius 1 is 1.26 bits per heavy atom. The molecule has 5 nitrogen and oxygen atoms in total. The summed E-state index contributed by atoms with van der Waals surface area (Å²) in [5.41, 5.74) is 0.824. The van der Waals surface area contributed by atoms with Crippen LogP contribution in [0.3, 0.4) is 0 Å². The molecular weight excluding hydrogens is 292 g/mol. The number of furan rings is 1. The maximum atomic E-state index is 12.4. The van der Waals surface area contributed by atoms with E-state index >= 15 is 0 Å². The van der Waals surface area contributed by atoms with Crippen LogP contribution in [0, 0.1) is 6.92 Å². The lowest BCUT2D eigenvalue weighted by Crippen LogP contribution is -2.45. The van der Waals surface area contributed by atoms with Crippen molar-refractivity contribution in [1.29, 1.82) is 0 Å². The zero-order valence-corrected chi connectivity index (χ0v) is 13.3. The fourth-order valence-electron chi connectivity index (χ4n) is 2.55. The predicted octanol–water partition coefficient (Wildman–Crippen LogP) is 2.83. The molecule has 0 saturated carbocycles. The number of hydrogen-bond acceptors (Lipinski definition) is 4. The van der Waals surface area contributed by atoms with E-state index < -0.39 is 5.60 Å². The summed E-state index contributed by atoms with van der Waals surface area (Å²) in [5.74, 6) is 1.58. The van der Waals surface area contributed by atoms with Gasteiger partial charge in [-0.05, 0) is 31.5 Å². The van der Waals surface area contributed by atoms with Gasteiger partial charge < -0.3 is 14.6 Å². The normalized spacial score (nSPS) is 20.0. The van der Waals surface area contributed by atoms with Gasteiger partial charge in [0.25, 0.3) is 5.91 Å². The number of carbonyl (C=O) groups excluding carboxylic acids is 1. The lowest BCUT2D eigenvalue weighted by Gasteiger charge is -2.20. The number of amides is 1. The molecule has 0 saturated heterocycles. The van der Waals surface area contributed by atoms with E-state index in [4.69, 9.17) is 9.25 Å². The van der Waals surface area contributed by atoms with Crippen LogP contribution in [-0.2, 0) is 16.1 Å². The van der Waals surface area contributed by atoms with Gasteiger partial charge in [0.15, 0.2) is 0 Å². The molecule has 0 radical (unpaired) electrons. The van der Waals surface area contributed by atoms with Gasteiger partial charge in [0.05, 0.1) is 5.71 Å². The Hall–Kier alpha value is -2.56. The zero-order chi connectivity index (χ0) is 16.3. The topological polar surface area (TPSA) is 63.8 Å². The van der Waals surface area contributed by atoms with Crippen LogP contribution in [0.25, 0.3) is 0 Å². The van der Waals surface area contributed by atoms with Gasteiger partial charge in [-0.25, -0.2) is 0 Å². The second-order valence-electron chi connectivity index (χ2n) is 5.92. The summed E-state index contributed by atoms with van der Waals surface area (Å²) in [4.78, 5) is 17.8. The van der Waals surface area contributed by atoms with Crippen molar-refractivity contribution in [2.75, 3.05) is 6.54 Å². The molecule has 1 unspecified atom stereocenters. The number of nitrogens with one attached hydrogen (secondary N) is 1. The summed E-state index contributed by atoms with van der Waals surface area (Å²) < 4.78 is 5.49. The number of benzene rings is 1. The molecular formula is C18H20N2O3. The molecule has 2 heterocycles. The first kappa shape index (κ1) is 15.3. The Morgan fingerprint density at radius 2 is 2.04 bits per heavy atom. The van der Waals surface area contributed by atoms with Gasteiger partial charge in [-0.2, -0.15) is 0 Å². The molecule has 0 spiro atoms. The highest BCUT2D eigenvalue weighted by Gasteiger charge is 2.41. The Morgan fingerprint density at radius 3 is 2.74 bits per heavy atom. The highest BCUT2D eigenvalue weighted by atomic mass is 16.7. The monoisotopic (exact) mass is 312 g/mol. The lowest BCUT2D eigenvalue weighted by molar-refractivity contribution is -0.141. The van der Waals surface area contributed by atoms with Gasteiger partial charge in [0, 0.05) is 19.4 Å². The van der Waals surface area contributed by atoms with E-state index in [1.165, 1.54) is 0 Å². The smallest absolute Gasteiger partial charge is 0.267 e. The number of hydrogen-bond donors (Lipinski definition) is 1. The summed E-state index contributed by atoms with van der Waals surface area (Å²) in [7, 11) is 0. The predicted molar refractivity (Wildman–Crippen MR) is 87.2 cm³/mol. The summed E-state index contributed by atoms with van der Waals surface area (Å²) in [5, 5.41) is 6.98. The van der Waals surface area contributed by atoms with Crippen LogP contribution in [0.2, 0.25) is 0 Å². The van der Waals surface area contributed by atoms with E-state index in [1.807, 2.05) is 49.4 Å². The maximum absolute atomic E-state index is 12.4. The van der Waals surface area contributed by atoms with Gasteiger partial charge >= 0.3 is 0 Å². The molecule has 1 aromatic carbocycles. The van der Waals surface area contributed by atoms with Gasteiger partial charge in [0.1, 0.15) is 11.5 Å². The van der Waals surface area contributed by atoms with Crippen LogP contribution >= 0.6 is 0 Å². The number of nitrogens with zero attached hydrogens (tertiary/aromatic N) is 1. The van der Waals surface area contributed by atoms with Crippen LogP contribution in [-0.4, -0.2) is 23.8 Å². The third kappa shape index (κ3) is 3.44. The third-order valence-electron chi connectivity index (χ3n) is 3.90. The molecule has 2 aromatic rings. The third-order valence-corrected chi connectivity index (χ3v) is 3.90.